The van der Waals surface area contributed by atoms with Crippen LogP contribution in [0.4, 0.5) is 11.4 Å². The topological polar surface area (TPSA) is 88.0 Å². The van der Waals surface area contributed by atoms with Gasteiger partial charge < -0.3 is 16.1 Å². The van der Waals surface area contributed by atoms with Crippen LogP contribution in [0.1, 0.15) is 50.8 Å². The molecule has 2 heterocycles. The number of nitrogens with zero attached hydrogens (tertiary/aromatic N) is 3. The van der Waals surface area contributed by atoms with E-state index in [9.17, 15) is 5.26 Å². The number of halogens is 1. The van der Waals surface area contributed by atoms with E-state index in [4.69, 9.17) is 11.6 Å². The summed E-state index contributed by atoms with van der Waals surface area (Å²) in [4.78, 5) is 4.49. The van der Waals surface area contributed by atoms with Gasteiger partial charge in [0.25, 0.3) is 0 Å². The summed E-state index contributed by atoms with van der Waals surface area (Å²) < 4.78 is 0. The molecular formula is C27H30ClN7. The predicted molar refractivity (Wildman–Crippen MR) is 141 cm³/mol. The molecule has 2 aromatic carbocycles. The smallest absolute Gasteiger partial charge is 0.103 e. The Morgan fingerprint density at radius 1 is 1.23 bits per heavy atom. The Kier molecular flexibility index (Phi) is 6.18. The molecule has 0 amide bonds. The third kappa shape index (κ3) is 5.14. The second-order valence-electron chi connectivity index (χ2n) is 10.4. The molecule has 0 saturated heterocycles. The fourth-order valence-corrected chi connectivity index (χ4v) is 4.43. The summed E-state index contributed by atoms with van der Waals surface area (Å²) in [7, 11) is 0. The van der Waals surface area contributed by atoms with Crippen LogP contribution in [-0.4, -0.2) is 22.6 Å². The van der Waals surface area contributed by atoms with Gasteiger partial charge in [-0.05, 0) is 36.0 Å². The standard InChI is InChI=1S/C27H30ClN7/c1-27(2,3)16-31-24-18(13-29)14-30-26-21(24)11-19(12-22(26)28)32-25(17-7-5-4-6-8-17)23-15-35(34-33-23)20-9-10-20/h4-8,11-12,14-15,20,25,32-34H,9-10,16H2,1-3H3,(H,30,31). The molecule has 8 heteroatoms. The van der Waals surface area contributed by atoms with Gasteiger partial charge in [0, 0.05) is 36.1 Å². The Labute approximate surface area is 211 Å². The minimum atomic E-state index is -0.126. The highest BCUT2D eigenvalue weighted by Crippen LogP contribution is 2.37. The van der Waals surface area contributed by atoms with Gasteiger partial charge in [0.05, 0.1) is 33.5 Å². The first-order valence-corrected chi connectivity index (χ1v) is 12.3. The van der Waals surface area contributed by atoms with E-state index in [2.05, 4.69) is 76.8 Å². The first kappa shape index (κ1) is 23.3. The molecule has 1 atom stereocenters. The third-order valence-corrected chi connectivity index (χ3v) is 6.43. The van der Waals surface area contributed by atoms with Crippen molar-refractivity contribution in [3.8, 4) is 6.07 Å². The maximum atomic E-state index is 9.75. The summed E-state index contributed by atoms with van der Waals surface area (Å²) in [6.07, 6.45) is 6.11. The number of rotatable bonds is 7. The number of aromatic nitrogens is 1. The molecule has 1 unspecified atom stereocenters. The number of fused-ring (bicyclic) bond motifs is 1. The van der Waals surface area contributed by atoms with E-state index in [0.717, 1.165) is 28.0 Å². The molecule has 1 saturated carbocycles. The summed E-state index contributed by atoms with van der Waals surface area (Å²) in [6.45, 7) is 7.17. The van der Waals surface area contributed by atoms with Gasteiger partial charge in [0.1, 0.15) is 6.07 Å². The van der Waals surface area contributed by atoms with Crippen molar-refractivity contribution in [1.82, 2.24) is 21.0 Å². The number of hydrogen-bond acceptors (Lipinski definition) is 7. The summed E-state index contributed by atoms with van der Waals surface area (Å²) in [5, 5.41) is 20.4. The quantitative estimate of drug-likeness (QED) is 0.340. The van der Waals surface area contributed by atoms with E-state index in [-0.39, 0.29) is 11.5 Å². The van der Waals surface area contributed by atoms with Gasteiger partial charge in [-0.15, -0.1) is 5.53 Å². The van der Waals surface area contributed by atoms with Crippen LogP contribution in [0, 0.1) is 16.7 Å². The van der Waals surface area contributed by atoms with Crippen molar-refractivity contribution < 1.29 is 0 Å². The fraction of sp³-hybridized carbons (Fsp3) is 0.333. The zero-order valence-electron chi connectivity index (χ0n) is 20.2. The lowest BCUT2D eigenvalue weighted by molar-refractivity contribution is 0.260. The molecule has 1 aromatic heterocycles. The van der Waals surface area contributed by atoms with Crippen LogP contribution in [0.5, 0.6) is 0 Å². The Balaban J connectivity index is 1.54. The number of nitrogens with one attached hydrogen (secondary N) is 4. The summed E-state index contributed by atoms with van der Waals surface area (Å²) in [5.41, 5.74) is 11.6. The van der Waals surface area contributed by atoms with Gasteiger partial charge in [-0.1, -0.05) is 62.7 Å². The average Bonchev–Trinajstić information content (AvgIpc) is 3.58. The Bertz CT molecular complexity index is 1300. The molecule has 35 heavy (non-hydrogen) atoms. The summed E-state index contributed by atoms with van der Waals surface area (Å²) in [6, 6.07) is 16.9. The molecule has 7 nitrogen and oxygen atoms in total. The minimum absolute atomic E-state index is 0.0431. The number of anilines is 2. The van der Waals surface area contributed by atoms with E-state index >= 15 is 0 Å². The van der Waals surface area contributed by atoms with Gasteiger partial charge in [-0.3, -0.25) is 9.99 Å². The van der Waals surface area contributed by atoms with Crippen LogP contribution in [0.15, 0.2) is 60.6 Å². The second kappa shape index (κ2) is 9.29. The van der Waals surface area contributed by atoms with Crippen LogP contribution < -0.4 is 21.6 Å². The maximum absolute atomic E-state index is 9.75. The van der Waals surface area contributed by atoms with Gasteiger partial charge in [-0.2, -0.15) is 5.26 Å². The Morgan fingerprint density at radius 2 is 2.00 bits per heavy atom. The van der Waals surface area contributed by atoms with Crippen molar-refractivity contribution in [3.05, 3.63) is 76.7 Å². The fourth-order valence-electron chi connectivity index (χ4n) is 4.16. The Hall–Kier alpha value is -3.47. The summed E-state index contributed by atoms with van der Waals surface area (Å²) >= 11 is 6.72. The van der Waals surface area contributed by atoms with Gasteiger partial charge in [0.15, 0.2) is 0 Å². The SMILES string of the molecule is CC(C)(C)CNc1c(C#N)cnc2c(Cl)cc(NC(C3=CN(C4CC4)NN3)c3ccccc3)cc12. The highest BCUT2D eigenvalue weighted by atomic mass is 35.5. The van der Waals surface area contributed by atoms with E-state index in [1.165, 1.54) is 12.8 Å². The van der Waals surface area contributed by atoms with Crippen LogP contribution in [0.3, 0.4) is 0 Å². The molecule has 3 aromatic rings. The lowest BCUT2D eigenvalue weighted by Gasteiger charge is -2.23. The van der Waals surface area contributed by atoms with Gasteiger partial charge >= 0.3 is 0 Å². The van der Waals surface area contributed by atoms with E-state index in [1.54, 1.807) is 6.20 Å². The predicted octanol–water partition coefficient (Wildman–Crippen LogP) is 5.70. The van der Waals surface area contributed by atoms with Crippen molar-refractivity contribution in [1.29, 1.82) is 5.26 Å². The van der Waals surface area contributed by atoms with Crippen molar-refractivity contribution in [2.75, 3.05) is 17.2 Å². The van der Waals surface area contributed by atoms with Gasteiger partial charge in [0.2, 0.25) is 0 Å². The first-order valence-electron chi connectivity index (χ1n) is 11.9. The molecule has 2 aliphatic rings. The molecule has 1 aliphatic heterocycles. The zero-order chi connectivity index (χ0) is 24.6. The zero-order valence-corrected chi connectivity index (χ0v) is 20.9. The highest BCUT2D eigenvalue weighted by molar-refractivity contribution is 6.35. The van der Waals surface area contributed by atoms with Crippen LogP contribution in [-0.2, 0) is 0 Å². The lowest BCUT2D eigenvalue weighted by atomic mass is 9.96. The average molecular weight is 488 g/mol. The molecule has 5 rings (SSSR count). The van der Waals surface area contributed by atoms with E-state index in [0.29, 0.717) is 28.7 Å². The largest absolute Gasteiger partial charge is 0.383 e. The molecule has 0 bridgehead atoms. The minimum Gasteiger partial charge on any atom is -0.383 e. The molecule has 4 N–H and O–H groups in total. The Morgan fingerprint density at radius 3 is 2.69 bits per heavy atom. The van der Waals surface area contributed by atoms with Crippen LogP contribution in [0.2, 0.25) is 5.02 Å². The lowest BCUT2D eigenvalue weighted by Crippen LogP contribution is -2.38. The summed E-state index contributed by atoms with van der Waals surface area (Å²) in [5.74, 6) is 0. The molecule has 1 aliphatic carbocycles. The second-order valence-corrected chi connectivity index (χ2v) is 10.8. The van der Waals surface area contributed by atoms with E-state index < -0.39 is 0 Å². The van der Waals surface area contributed by atoms with Crippen molar-refractivity contribution in [3.63, 3.8) is 0 Å². The number of benzene rings is 2. The number of pyridine rings is 1. The molecule has 1 fully saturated rings. The first-order chi connectivity index (χ1) is 16.8. The third-order valence-electron chi connectivity index (χ3n) is 6.14. The monoisotopic (exact) mass is 487 g/mol. The molecular weight excluding hydrogens is 458 g/mol. The molecule has 0 radical (unpaired) electrons. The van der Waals surface area contributed by atoms with Crippen molar-refractivity contribution in [2.24, 2.45) is 5.41 Å². The maximum Gasteiger partial charge on any atom is 0.103 e. The molecule has 180 valence electrons. The highest BCUT2D eigenvalue weighted by Gasteiger charge is 2.32. The van der Waals surface area contributed by atoms with Crippen molar-refractivity contribution in [2.45, 2.75) is 45.7 Å². The molecule has 0 spiro atoms. The normalized spacial score (nSPS) is 16.4. The van der Waals surface area contributed by atoms with Gasteiger partial charge in [-0.25, -0.2) is 0 Å². The number of hydrazine groups is 2. The van der Waals surface area contributed by atoms with E-state index in [1.807, 2.05) is 30.3 Å². The number of nitriles is 1. The van der Waals surface area contributed by atoms with Crippen molar-refractivity contribution >= 4 is 33.9 Å². The number of hydrogen-bond donors (Lipinski definition) is 4. The van der Waals surface area contributed by atoms with Crippen LogP contribution in [0.25, 0.3) is 10.9 Å². The van der Waals surface area contributed by atoms with Crippen LogP contribution >= 0.6 is 11.6 Å².